The zero-order chi connectivity index (χ0) is 14.7. The van der Waals surface area contributed by atoms with Gasteiger partial charge in [0.05, 0.1) is 17.9 Å². The van der Waals surface area contributed by atoms with Crippen molar-refractivity contribution >= 4 is 5.65 Å². The summed E-state index contributed by atoms with van der Waals surface area (Å²) in [5.74, 6) is 0. The van der Waals surface area contributed by atoms with Gasteiger partial charge in [-0.15, -0.1) is 5.10 Å². The second-order valence-electron chi connectivity index (χ2n) is 4.81. The first kappa shape index (κ1) is 13.4. The van der Waals surface area contributed by atoms with Crippen LogP contribution in [0.3, 0.4) is 0 Å². The van der Waals surface area contributed by atoms with Crippen LogP contribution < -0.4 is 11.3 Å². The van der Waals surface area contributed by atoms with Crippen LogP contribution in [0.15, 0.2) is 41.5 Å². The highest BCUT2D eigenvalue weighted by Gasteiger charge is 2.05. The smallest absolute Gasteiger partial charge is 0.258 e. The molecule has 7 nitrogen and oxygen atoms in total. The van der Waals surface area contributed by atoms with E-state index in [1.165, 1.54) is 10.5 Å². The van der Waals surface area contributed by atoms with E-state index >= 15 is 0 Å². The van der Waals surface area contributed by atoms with Gasteiger partial charge in [-0.25, -0.2) is 9.67 Å². The normalized spacial score (nSPS) is 11.1. The Morgan fingerprint density at radius 1 is 1.24 bits per heavy atom. The van der Waals surface area contributed by atoms with E-state index in [0.29, 0.717) is 24.4 Å². The third kappa shape index (κ3) is 2.97. The molecule has 0 fully saturated rings. The van der Waals surface area contributed by atoms with Crippen LogP contribution in [0.4, 0.5) is 0 Å². The van der Waals surface area contributed by atoms with Crippen LogP contribution in [0.5, 0.6) is 0 Å². The molecule has 0 saturated heterocycles. The Morgan fingerprint density at radius 3 is 3.00 bits per heavy atom. The Morgan fingerprint density at radius 2 is 2.14 bits per heavy atom. The van der Waals surface area contributed by atoms with Crippen LogP contribution in [-0.2, 0) is 13.0 Å². The van der Waals surface area contributed by atoms with Crippen molar-refractivity contribution in [1.29, 1.82) is 0 Å². The number of hydrogen-bond donors (Lipinski definition) is 1. The van der Waals surface area contributed by atoms with Gasteiger partial charge in [0.25, 0.3) is 5.56 Å². The highest BCUT2D eigenvalue weighted by atomic mass is 16.1. The van der Waals surface area contributed by atoms with Gasteiger partial charge in [0.1, 0.15) is 5.65 Å². The number of aryl methyl sites for hydroxylation is 1. The molecule has 7 heteroatoms. The van der Waals surface area contributed by atoms with Crippen molar-refractivity contribution in [1.82, 2.24) is 24.4 Å². The summed E-state index contributed by atoms with van der Waals surface area (Å²) in [5.41, 5.74) is 7.57. The van der Waals surface area contributed by atoms with Crippen molar-refractivity contribution in [3.05, 3.63) is 58.4 Å². The minimum atomic E-state index is -0.0981. The molecular weight excluding hydrogens is 268 g/mol. The first-order chi connectivity index (χ1) is 10.3. The molecule has 0 aliphatic carbocycles. The highest BCUT2D eigenvalue weighted by molar-refractivity contribution is 5.37. The molecule has 0 aromatic carbocycles. The van der Waals surface area contributed by atoms with Crippen LogP contribution in [0.2, 0.25) is 0 Å². The second-order valence-corrected chi connectivity index (χ2v) is 4.81. The molecule has 0 aliphatic rings. The molecule has 0 unspecified atom stereocenters. The molecule has 3 rings (SSSR count). The summed E-state index contributed by atoms with van der Waals surface area (Å²) in [6.45, 7) is 1.06. The SMILES string of the molecule is NCCCc1cn(Cc2cc(=O)n3ccccc3n2)nn1. The molecule has 3 aromatic heterocycles. The molecule has 0 aliphatic heterocycles. The van der Waals surface area contributed by atoms with Crippen LogP contribution in [0, 0.1) is 0 Å². The number of fused-ring (bicyclic) bond motifs is 1. The van der Waals surface area contributed by atoms with E-state index in [9.17, 15) is 4.79 Å². The third-order valence-corrected chi connectivity index (χ3v) is 3.17. The number of nitrogens with two attached hydrogens (primary N) is 1. The lowest BCUT2D eigenvalue weighted by Crippen LogP contribution is -2.16. The number of hydrogen-bond acceptors (Lipinski definition) is 5. The van der Waals surface area contributed by atoms with Gasteiger partial charge < -0.3 is 5.73 Å². The lowest BCUT2D eigenvalue weighted by molar-refractivity contribution is 0.637. The quantitative estimate of drug-likeness (QED) is 0.724. The fraction of sp³-hybridized carbons (Fsp3) is 0.286. The molecule has 21 heavy (non-hydrogen) atoms. The van der Waals surface area contributed by atoms with Gasteiger partial charge in [-0.05, 0) is 31.5 Å². The van der Waals surface area contributed by atoms with Crippen LogP contribution in [-0.4, -0.2) is 30.9 Å². The van der Waals surface area contributed by atoms with Gasteiger partial charge in [0.15, 0.2) is 0 Å². The summed E-state index contributed by atoms with van der Waals surface area (Å²) >= 11 is 0. The van der Waals surface area contributed by atoms with E-state index in [-0.39, 0.29) is 5.56 Å². The van der Waals surface area contributed by atoms with Crippen LogP contribution in [0.1, 0.15) is 17.8 Å². The maximum Gasteiger partial charge on any atom is 0.258 e. The number of rotatable bonds is 5. The van der Waals surface area contributed by atoms with E-state index < -0.39 is 0 Å². The van der Waals surface area contributed by atoms with Crippen LogP contribution >= 0.6 is 0 Å². The molecule has 108 valence electrons. The summed E-state index contributed by atoms with van der Waals surface area (Å²) < 4.78 is 3.20. The van der Waals surface area contributed by atoms with Crippen molar-refractivity contribution in [2.75, 3.05) is 6.54 Å². The Balaban J connectivity index is 1.84. The summed E-state index contributed by atoms with van der Waals surface area (Å²) in [4.78, 5) is 16.5. The number of pyridine rings is 1. The predicted molar refractivity (Wildman–Crippen MR) is 78.0 cm³/mol. The molecule has 0 saturated carbocycles. The fourth-order valence-corrected chi connectivity index (χ4v) is 2.16. The Kier molecular flexibility index (Phi) is 3.74. The van der Waals surface area contributed by atoms with Crippen molar-refractivity contribution in [3.63, 3.8) is 0 Å². The lowest BCUT2D eigenvalue weighted by Gasteiger charge is -2.03. The van der Waals surface area contributed by atoms with Crippen molar-refractivity contribution in [3.8, 4) is 0 Å². The molecule has 3 heterocycles. The van der Waals surface area contributed by atoms with Gasteiger partial charge in [0.2, 0.25) is 0 Å². The van der Waals surface area contributed by atoms with E-state index in [2.05, 4.69) is 15.3 Å². The predicted octanol–water partition coefficient (Wildman–Crippen LogP) is 0.226. The largest absolute Gasteiger partial charge is 0.330 e. The van der Waals surface area contributed by atoms with Gasteiger partial charge in [-0.3, -0.25) is 9.20 Å². The Bertz CT molecular complexity index is 806. The Labute approximate surface area is 121 Å². The Hall–Kier alpha value is -2.54. The molecule has 0 spiro atoms. The fourth-order valence-electron chi connectivity index (χ4n) is 2.16. The summed E-state index contributed by atoms with van der Waals surface area (Å²) in [6.07, 6.45) is 5.26. The minimum Gasteiger partial charge on any atom is -0.330 e. The third-order valence-electron chi connectivity index (χ3n) is 3.17. The van der Waals surface area contributed by atoms with Crippen molar-refractivity contribution in [2.45, 2.75) is 19.4 Å². The average molecular weight is 284 g/mol. The van der Waals surface area contributed by atoms with E-state index in [1.54, 1.807) is 23.0 Å². The molecule has 0 amide bonds. The van der Waals surface area contributed by atoms with Gasteiger partial charge in [-0.2, -0.15) is 0 Å². The van der Waals surface area contributed by atoms with Crippen molar-refractivity contribution in [2.24, 2.45) is 5.73 Å². The van der Waals surface area contributed by atoms with E-state index in [4.69, 9.17) is 5.73 Å². The highest BCUT2D eigenvalue weighted by Crippen LogP contribution is 2.02. The summed E-state index contributed by atoms with van der Waals surface area (Å²) in [5, 5.41) is 8.13. The molecule has 0 bridgehead atoms. The molecule has 3 aromatic rings. The van der Waals surface area contributed by atoms with Gasteiger partial charge in [-0.1, -0.05) is 11.3 Å². The maximum absolute atomic E-state index is 12.0. The molecule has 0 radical (unpaired) electrons. The zero-order valence-corrected chi connectivity index (χ0v) is 11.5. The topological polar surface area (TPSA) is 91.1 Å². The molecule has 2 N–H and O–H groups in total. The standard InChI is InChI=1S/C14H16N6O/c15-6-3-4-11-9-19(18-17-11)10-12-8-14(21)20-7-2-1-5-13(20)16-12/h1-2,5,7-9H,3-4,6,10,15H2. The van der Waals surface area contributed by atoms with E-state index in [1.807, 2.05) is 12.3 Å². The summed E-state index contributed by atoms with van der Waals surface area (Å²) in [6, 6.07) is 6.98. The maximum atomic E-state index is 12.0. The lowest BCUT2D eigenvalue weighted by atomic mass is 10.2. The van der Waals surface area contributed by atoms with Gasteiger partial charge in [0, 0.05) is 18.5 Å². The van der Waals surface area contributed by atoms with Crippen LogP contribution in [0.25, 0.3) is 5.65 Å². The number of aromatic nitrogens is 5. The van der Waals surface area contributed by atoms with Crippen molar-refractivity contribution < 1.29 is 0 Å². The monoisotopic (exact) mass is 284 g/mol. The number of nitrogens with zero attached hydrogens (tertiary/aromatic N) is 5. The zero-order valence-electron chi connectivity index (χ0n) is 11.5. The summed E-state index contributed by atoms with van der Waals surface area (Å²) in [7, 11) is 0. The first-order valence-electron chi connectivity index (χ1n) is 6.82. The first-order valence-corrected chi connectivity index (χ1v) is 6.82. The minimum absolute atomic E-state index is 0.0981. The van der Waals surface area contributed by atoms with E-state index in [0.717, 1.165) is 18.5 Å². The van der Waals surface area contributed by atoms with Gasteiger partial charge >= 0.3 is 0 Å². The molecule has 0 atom stereocenters. The average Bonchev–Trinajstić information content (AvgIpc) is 2.92. The second kappa shape index (κ2) is 5.84. The molecular formula is C14H16N6O.